The lowest BCUT2D eigenvalue weighted by Gasteiger charge is -2.46. The molecule has 1 aliphatic rings. The molecule has 0 bridgehead atoms. The average Bonchev–Trinajstić information content (AvgIpc) is 2.33. The summed E-state index contributed by atoms with van der Waals surface area (Å²) in [5.41, 5.74) is 0.231. The third-order valence-electron chi connectivity index (χ3n) is 3.69. The van der Waals surface area contributed by atoms with E-state index < -0.39 is 0 Å². The summed E-state index contributed by atoms with van der Waals surface area (Å²) in [6.07, 6.45) is 2.51. The molecule has 108 valence electrons. The van der Waals surface area contributed by atoms with Crippen LogP contribution in [-0.2, 0) is 9.47 Å². The number of piperazine rings is 1. The van der Waals surface area contributed by atoms with Crippen molar-refractivity contribution in [3.8, 4) is 0 Å². The molecule has 18 heavy (non-hydrogen) atoms. The van der Waals surface area contributed by atoms with Crippen LogP contribution in [0.4, 0.5) is 0 Å². The molecule has 0 aromatic carbocycles. The highest BCUT2D eigenvalue weighted by atomic mass is 16.5. The van der Waals surface area contributed by atoms with Crippen LogP contribution < -0.4 is 5.32 Å². The van der Waals surface area contributed by atoms with Crippen molar-refractivity contribution < 1.29 is 9.47 Å². The maximum atomic E-state index is 5.58. The number of rotatable bonds is 8. The zero-order valence-corrected chi connectivity index (χ0v) is 12.5. The molecule has 0 spiro atoms. The van der Waals surface area contributed by atoms with Crippen LogP contribution in [-0.4, -0.2) is 63.0 Å². The fourth-order valence-corrected chi connectivity index (χ4v) is 2.44. The van der Waals surface area contributed by atoms with Gasteiger partial charge in [-0.3, -0.25) is 4.90 Å². The Hall–Kier alpha value is -0.160. The van der Waals surface area contributed by atoms with E-state index in [2.05, 4.69) is 31.0 Å². The lowest BCUT2D eigenvalue weighted by atomic mass is 9.96. The van der Waals surface area contributed by atoms with Crippen molar-refractivity contribution in [2.75, 3.05) is 46.6 Å². The maximum absolute atomic E-state index is 5.58. The number of hydrogen-bond donors (Lipinski definition) is 1. The van der Waals surface area contributed by atoms with Crippen LogP contribution in [0.1, 0.15) is 33.6 Å². The van der Waals surface area contributed by atoms with Crippen LogP contribution in [0, 0.1) is 0 Å². The first-order chi connectivity index (χ1) is 8.60. The molecular formula is C14H30N2O2. The largest absolute Gasteiger partial charge is 0.382 e. The Kier molecular flexibility index (Phi) is 7.15. The van der Waals surface area contributed by atoms with E-state index in [9.17, 15) is 0 Å². The first-order valence-corrected chi connectivity index (χ1v) is 7.15. The van der Waals surface area contributed by atoms with E-state index in [-0.39, 0.29) is 5.54 Å². The summed E-state index contributed by atoms with van der Waals surface area (Å²) in [5, 5.41) is 3.65. The average molecular weight is 258 g/mol. The smallest absolute Gasteiger partial charge is 0.0700 e. The summed E-state index contributed by atoms with van der Waals surface area (Å²) in [6.45, 7) is 12.2. The number of nitrogens with zero attached hydrogens (tertiary/aromatic N) is 1. The van der Waals surface area contributed by atoms with Gasteiger partial charge in [0.2, 0.25) is 0 Å². The Balaban J connectivity index is 2.29. The van der Waals surface area contributed by atoms with Gasteiger partial charge in [0.25, 0.3) is 0 Å². The monoisotopic (exact) mass is 258 g/mol. The van der Waals surface area contributed by atoms with Crippen molar-refractivity contribution in [3.63, 3.8) is 0 Å². The molecule has 1 rings (SSSR count). The predicted octanol–water partition coefficient (Wildman–Crippen LogP) is 1.50. The molecule has 0 aromatic heterocycles. The number of ether oxygens (including phenoxy) is 2. The highest BCUT2D eigenvalue weighted by Gasteiger charge is 2.32. The Morgan fingerprint density at radius 1 is 1.28 bits per heavy atom. The zero-order chi connectivity index (χ0) is 13.4. The van der Waals surface area contributed by atoms with Crippen LogP contribution in [0.3, 0.4) is 0 Å². The molecule has 1 N–H and O–H groups in total. The van der Waals surface area contributed by atoms with Gasteiger partial charge in [-0.1, -0.05) is 13.3 Å². The molecule has 0 aromatic rings. The van der Waals surface area contributed by atoms with Crippen LogP contribution >= 0.6 is 0 Å². The minimum Gasteiger partial charge on any atom is -0.382 e. The Morgan fingerprint density at radius 3 is 2.72 bits per heavy atom. The first-order valence-electron chi connectivity index (χ1n) is 7.15. The quantitative estimate of drug-likeness (QED) is 0.669. The van der Waals surface area contributed by atoms with Gasteiger partial charge >= 0.3 is 0 Å². The number of hydrogen-bond acceptors (Lipinski definition) is 4. The summed E-state index contributed by atoms with van der Waals surface area (Å²) in [5.74, 6) is 0. The van der Waals surface area contributed by atoms with E-state index in [0.29, 0.717) is 19.3 Å². The van der Waals surface area contributed by atoms with Gasteiger partial charge < -0.3 is 14.8 Å². The van der Waals surface area contributed by atoms with E-state index in [0.717, 1.165) is 26.2 Å². The van der Waals surface area contributed by atoms with Crippen molar-refractivity contribution in [1.82, 2.24) is 10.2 Å². The van der Waals surface area contributed by atoms with Gasteiger partial charge in [-0.15, -0.1) is 0 Å². The molecule has 1 unspecified atom stereocenters. The second-order valence-electron chi connectivity index (χ2n) is 5.73. The predicted molar refractivity (Wildman–Crippen MR) is 75.0 cm³/mol. The maximum Gasteiger partial charge on any atom is 0.0700 e. The SMILES string of the molecule is CCCC1CN(CCOCCOC)C(C)(C)CN1. The van der Waals surface area contributed by atoms with E-state index in [1.807, 2.05) is 0 Å². The van der Waals surface area contributed by atoms with Crippen LogP contribution in [0.25, 0.3) is 0 Å². The molecule has 4 nitrogen and oxygen atoms in total. The van der Waals surface area contributed by atoms with Crippen molar-refractivity contribution in [2.24, 2.45) is 0 Å². The molecule has 0 saturated carbocycles. The molecule has 1 heterocycles. The third-order valence-corrected chi connectivity index (χ3v) is 3.69. The molecule has 0 amide bonds. The van der Waals surface area contributed by atoms with Crippen LogP contribution in [0.5, 0.6) is 0 Å². The minimum atomic E-state index is 0.231. The molecular weight excluding hydrogens is 228 g/mol. The lowest BCUT2D eigenvalue weighted by Crippen LogP contribution is -2.62. The van der Waals surface area contributed by atoms with E-state index in [1.165, 1.54) is 12.8 Å². The molecule has 1 aliphatic heterocycles. The summed E-state index contributed by atoms with van der Waals surface area (Å²) in [6, 6.07) is 0.641. The molecule has 0 aliphatic carbocycles. The van der Waals surface area contributed by atoms with Gasteiger partial charge in [-0.2, -0.15) is 0 Å². The molecule has 1 saturated heterocycles. The fourth-order valence-electron chi connectivity index (χ4n) is 2.44. The molecule has 4 heteroatoms. The topological polar surface area (TPSA) is 33.7 Å². The van der Waals surface area contributed by atoms with Crippen LogP contribution in [0.15, 0.2) is 0 Å². The lowest BCUT2D eigenvalue weighted by molar-refractivity contribution is 0.0147. The molecule has 0 radical (unpaired) electrons. The van der Waals surface area contributed by atoms with Gasteiger partial charge in [0.15, 0.2) is 0 Å². The Labute approximate surface area is 112 Å². The summed E-state index contributed by atoms with van der Waals surface area (Å²) in [4.78, 5) is 2.55. The minimum absolute atomic E-state index is 0.231. The number of methoxy groups -OCH3 is 1. The van der Waals surface area contributed by atoms with Gasteiger partial charge in [-0.25, -0.2) is 0 Å². The van der Waals surface area contributed by atoms with E-state index in [1.54, 1.807) is 7.11 Å². The Bertz CT molecular complexity index is 222. The van der Waals surface area contributed by atoms with Gasteiger partial charge in [0, 0.05) is 38.3 Å². The fraction of sp³-hybridized carbons (Fsp3) is 1.00. The summed E-state index contributed by atoms with van der Waals surface area (Å²) < 4.78 is 10.6. The molecule has 1 atom stereocenters. The van der Waals surface area contributed by atoms with Gasteiger partial charge in [0.05, 0.1) is 19.8 Å². The van der Waals surface area contributed by atoms with Crippen molar-refractivity contribution in [1.29, 1.82) is 0 Å². The van der Waals surface area contributed by atoms with E-state index >= 15 is 0 Å². The zero-order valence-electron chi connectivity index (χ0n) is 12.5. The highest BCUT2D eigenvalue weighted by molar-refractivity contribution is 4.92. The van der Waals surface area contributed by atoms with Crippen molar-refractivity contribution >= 4 is 0 Å². The first kappa shape index (κ1) is 15.9. The normalized spacial score (nSPS) is 24.3. The second kappa shape index (κ2) is 8.10. The van der Waals surface area contributed by atoms with Crippen molar-refractivity contribution in [2.45, 2.75) is 45.2 Å². The summed E-state index contributed by atoms with van der Waals surface area (Å²) in [7, 11) is 1.71. The second-order valence-corrected chi connectivity index (χ2v) is 5.73. The van der Waals surface area contributed by atoms with Gasteiger partial charge in [-0.05, 0) is 20.3 Å². The van der Waals surface area contributed by atoms with Crippen molar-refractivity contribution in [3.05, 3.63) is 0 Å². The summed E-state index contributed by atoms with van der Waals surface area (Å²) >= 11 is 0. The highest BCUT2D eigenvalue weighted by Crippen LogP contribution is 2.19. The van der Waals surface area contributed by atoms with Gasteiger partial charge in [0.1, 0.15) is 0 Å². The Morgan fingerprint density at radius 2 is 2.06 bits per heavy atom. The number of nitrogens with one attached hydrogen (secondary N) is 1. The standard InChI is InChI=1S/C14H30N2O2/c1-5-6-13-11-16(14(2,3)12-15-13)7-8-18-10-9-17-4/h13,15H,5-12H2,1-4H3. The van der Waals surface area contributed by atoms with E-state index in [4.69, 9.17) is 9.47 Å². The molecule has 1 fully saturated rings. The van der Waals surface area contributed by atoms with Crippen LogP contribution in [0.2, 0.25) is 0 Å². The third kappa shape index (κ3) is 5.22.